The second-order valence-corrected chi connectivity index (χ2v) is 4.28. The van der Waals surface area contributed by atoms with Gasteiger partial charge in [0, 0.05) is 19.7 Å². The molecule has 6 heteroatoms. The van der Waals surface area contributed by atoms with E-state index < -0.39 is 11.2 Å². The van der Waals surface area contributed by atoms with Crippen molar-refractivity contribution in [2.24, 2.45) is 14.1 Å². The molecule has 96 valence electrons. The Kier molecular flexibility index (Phi) is 2.38. The first-order valence-corrected chi connectivity index (χ1v) is 5.72. The molecular formula is C13H11N3O3. The number of hydrogen-bond acceptors (Lipinski definition) is 4. The SMILES string of the molecule is Cn1c(=O)c2c(-c3ccccc3)onc2n(C)c1=O. The molecule has 19 heavy (non-hydrogen) atoms. The first kappa shape index (κ1) is 11.5. The molecule has 0 aliphatic rings. The predicted molar refractivity (Wildman–Crippen MR) is 69.9 cm³/mol. The van der Waals surface area contributed by atoms with E-state index in [1.54, 1.807) is 7.05 Å². The van der Waals surface area contributed by atoms with Gasteiger partial charge in [-0.1, -0.05) is 35.5 Å². The molecule has 3 rings (SSSR count). The third-order valence-corrected chi connectivity index (χ3v) is 3.12. The van der Waals surface area contributed by atoms with Crippen LogP contribution in [0.5, 0.6) is 0 Å². The van der Waals surface area contributed by atoms with Crippen LogP contribution in [0.1, 0.15) is 0 Å². The standard InChI is InChI=1S/C13H11N3O3/c1-15-11-9(12(17)16(2)13(15)18)10(19-14-11)8-6-4-3-5-7-8/h3-7H,1-2H3. The molecule has 0 aliphatic carbocycles. The highest BCUT2D eigenvalue weighted by molar-refractivity contribution is 5.88. The quantitative estimate of drug-likeness (QED) is 0.649. The summed E-state index contributed by atoms with van der Waals surface area (Å²) in [7, 11) is 2.99. The fourth-order valence-electron chi connectivity index (χ4n) is 2.06. The molecule has 0 atom stereocenters. The van der Waals surface area contributed by atoms with Crippen molar-refractivity contribution < 1.29 is 4.52 Å². The number of nitrogens with zero attached hydrogens (tertiary/aromatic N) is 3. The van der Waals surface area contributed by atoms with Gasteiger partial charge in [0.05, 0.1) is 0 Å². The fraction of sp³-hybridized carbons (Fsp3) is 0.154. The third-order valence-electron chi connectivity index (χ3n) is 3.12. The van der Waals surface area contributed by atoms with Gasteiger partial charge in [0.1, 0.15) is 5.39 Å². The Balaban J connectivity index is 2.49. The van der Waals surface area contributed by atoms with E-state index in [1.807, 2.05) is 30.3 Å². The third kappa shape index (κ3) is 1.53. The zero-order valence-electron chi connectivity index (χ0n) is 10.5. The number of aromatic nitrogens is 3. The Morgan fingerprint density at radius 2 is 1.74 bits per heavy atom. The fourth-order valence-corrected chi connectivity index (χ4v) is 2.06. The maximum absolute atomic E-state index is 12.2. The molecular weight excluding hydrogens is 246 g/mol. The molecule has 0 N–H and O–H groups in total. The van der Waals surface area contributed by atoms with Gasteiger partial charge in [-0.2, -0.15) is 0 Å². The average molecular weight is 257 g/mol. The lowest BCUT2D eigenvalue weighted by Crippen LogP contribution is -2.36. The van der Waals surface area contributed by atoms with Crippen LogP contribution in [0.4, 0.5) is 0 Å². The van der Waals surface area contributed by atoms with E-state index in [-0.39, 0.29) is 5.65 Å². The highest BCUT2D eigenvalue weighted by Crippen LogP contribution is 2.24. The largest absolute Gasteiger partial charge is 0.353 e. The summed E-state index contributed by atoms with van der Waals surface area (Å²) >= 11 is 0. The van der Waals surface area contributed by atoms with Crippen molar-refractivity contribution in [3.8, 4) is 11.3 Å². The normalized spacial score (nSPS) is 11.1. The van der Waals surface area contributed by atoms with Gasteiger partial charge in [-0.25, -0.2) is 4.79 Å². The number of aryl methyl sites for hydroxylation is 1. The molecule has 2 heterocycles. The summed E-state index contributed by atoms with van der Waals surface area (Å²) in [5.41, 5.74) is 0.177. The molecule has 0 unspecified atom stereocenters. The molecule has 0 bridgehead atoms. The monoisotopic (exact) mass is 257 g/mol. The minimum Gasteiger partial charge on any atom is -0.353 e. The maximum atomic E-state index is 12.2. The van der Waals surface area contributed by atoms with Gasteiger partial charge in [0.25, 0.3) is 5.56 Å². The van der Waals surface area contributed by atoms with E-state index in [4.69, 9.17) is 4.52 Å². The summed E-state index contributed by atoms with van der Waals surface area (Å²) in [4.78, 5) is 24.0. The molecule has 6 nitrogen and oxygen atoms in total. The molecule has 0 aliphatic heterocycles. The highest BCUT2D eigenvalue weighted by Gasteiger charge is 2.18. The summed E-state index contributed by atoms with van der Waals surface area (Å²) in [5.74, 6) is 0.381. The van der Waals surface area contributed by atoms with E-state index >= 15 is 0 Å². The van der Waals surface area contributed by atoms with Crippen molar-refractivity contribution in [2.45, 2.75) is 0 Å². The summed E-state index contributed by atoms with van der Waals surface area (Å²) in [5, 5.41) is 4.15. The number of benzene rings is 1. The maximum Gasteiger partial charge on any atom is 0.332 e. The Hall–Kier alpha value is -2.63. The molecule has 0 saturated heterocycles. The van der Waals surface area contributed by atoms with Gasteiger partial charge >= 0.3 is 5.69 Å². The zero-order chi connectivity index (χ0) is 13.6. The van der Waals surface area contributed by atoms with Gasteiger partial charge in [0.15, 0.2) is 11.4 Å². The molecule has 2 aromatic heterocycles. The summed E-state index contributed by atoms with van der Waals surface area (Å²) in [6.45, 7) is 0. The lowest BCUT2D eigenvalue weighted by Gasteiger charge is -2.01. The second-order valence-electron chi connectivity index (χ2n) is 4.28. The van der Waals surface area contributed by atoms with Crippen LogP contribution in [0, 0.1) is 0 Å². The van der Waals surface area contributed by atoms with Gasteiger partial charge < -0.3 is 4.52 Å². The van der Waals surface area contributed by atoms with Gasteiger partial charge in [-0.05, 0) is 0 Å². The Bertz CT molecular complexity index is 872. The van der Waals surface area contributed by atoms with Crippen LogP contribution in [0.3, 0.4) is 0 Å². The lowest BCUT2D eigenvalue weighted by molar-refractivity contribution is 0.436. The van der Waals surface area contributed by atoms with Crippen molar-refractivity contribution in [3.63, 3.8) is 0 Å². The van der Waals surface area contributed by atoms with E-state index in [2.05, 4.69) is 5.16 Å². The van der Waals surface area contributed by atoms with E-state index in [1.165, 1.54) is 11.6 Å². The van der Waals surface area contributed by atoms with Crippen molar-refractivity contribution in [2.75, 3.05) is 0 Å². The van der Waals surface area contributed by atoms with Crippen LogP contribution in [-0.4, -0.2) is 14.3 Å². The molecule has 0 spiro atoms. The topological polar surface area (TPSA) is 70.0 Å². The predicted octanol–water partition coefficient (Wildman–Crippen LogP) is 0.892. The van der Waals surface area contributed by atoms with Crippen molar-refractivity contribution >= 4 is 11.0 Å². The van der Waals surface area contributed by atoms with Crippen LogP contribution >= 0.6 is 0 Å². The number of hydrogen-bond donors (Lipinski definition) is 0. The molecule has 3 aromatic rings. The summed E-state index contributed by atoms with van der Waals surface area (Å²) < 4.78 is 7.60. The molecule has 1 aromatic carbocycles. The van der Waals surface area contributed by atoms with E-state index in [9.17, 15) is 9.59 Å². The molecule has 0 saturated carbocycles. The summed E-state index contributed by atoms with van der Waals surface area (Å²) in [6, 6.07) is 9.21. The van der Waals surface area contributed by atoms with Crippen LogP contribution in [0.15, 0.2) is 44.4 Å². The summed E-state index contributed by atoms with van der Waals surface area (Å²) in [6.07, 6.45) is 0. The van der Waals surface area contributed by atoms with Crippen molar-refractivity contribution in [3.05, 3.63) is 51.2 Å². The van der Waals surface area contributed by atoms with E-state index in [0.717, 1.165) is 10.1 Å². The smallest absolute Gasteiger partial charge is 0.332 e. The van der Waals surface area contributed by atoms with Gasteiger partial charge in [-0.15, -0.1) is 0 Å². The van der Waals surface area contributed by atoms with Gasteiger partial charge in [0.2, 0.25) is 0 Å². The van der Waals surface area contributed by atoms with Crippen molar-refractivity contribution in [1.29, 1.82) is 0 Å². The molecule has 0 fully saturated rings. The van der Waals surface area contributed by atoms with Crippen LogP contribution in [-0.2, 0) is 14.1 Å². The van der Waals surface area contributed by atoms with Crippen LogP contribution in [0.25, 0.3) is 22.4 Å². The Morgan fingerprint density at radius 1 is 1.05 bits per heavy atom. The minimum atomic E-state index is -0.426. The average Bonchev–Trinajstić information content (AvgIpc) is 2.88. The zero-order valence-corrected chi connectivity index (χ0v) is 10.5. The van der Waals surface area contributed by atoms with E-state index in [0.29, 0.717) is 11.1 Å². The minimum absolute atomic E-state index is 0.256. The van der Waals surface area contributed by atoms with Crippen LogP contribution < -0.4 is 11.2 Å². The van der Waals surface area contributed by atoms with Gasteiger partial charge in [-0.3, -0.25) is 13.9 Å². The Morgan fingerprint density at radius 3 is 2.42 bits per heavy atom. The highest BCUT2D eigenvalue weighted by atomic mass is 16.5. The first-order chi connectivity index (χ1) is 9.11. The number of rotatable bonds is 1. The van der Waals surface area contributed by atoms with Crippen LogP contribution in [0.2, 0.25) is 0 Å². The molecule has 0 radical (unpaired) electrons. The second kappa shape index (κ2) is 3.94. The molecule has 0 amide bonds. The Labute approximate surface area is 107 Å². The number of fused-ring (bicyclic) bond motifs is 1. The first-order valence-electron chi connectivity index (χ1n) is 5.72. The lowest BCUT2D eigenvalue weighted by atomic mass is 10.1. The van der Waals surface area contributed by atoms with Crippen molar-refractivity contribution in [1.82, 2.24) is 14.3 Å².